The van der Waals surface area contributed by atoms with Crippen LogP contribution in [0.3, 0.4) is 0 Å². The van der Waals surface area contributed by atoms with E-state index < -0.39 is 11.6 Å². The summed E-state index contributed by atoms with van der Waals surface area (Å²) in [5.74, 6) is -1.25. The number of rotatable bonds is 5. The number of amides is 1. The van der Waals surface area contributed by atoms with Crippen LogP contribution < -0.4 is 9.64 Å². The van der Waals surface area contributed by atoms with Crippen molar-refractivity contribution in [2.75, 3.05) is 32.6 Å². The van der Waals surface area contributed by atoms with Gasteiger partial charge in [0.15, 0.2) is 11.5 Å². The molecule has 0 aliphatic carbocycles. The molecule has 0 radical (unpaired) electrons. The number of halogens is 3. The topological polar surface area (TPSA) is 110 Å². The van der Waals surface area contributed by atoms with Crippen molar-refractivity contribution in [3.05, 3.63) is 64.1 Å². The summed E-state index contributed by atoms with van der Waals surface area (Å²) in [5.41, 5.74) is 1.27. The molecule has 1 N–H and O–H groups in total. The third-order valence-electron chi connectivity index (χ3n) is 7.63. The lowest BCUT2D eigenvalue weighted by Crippen LogP contribution is -2.25. The summed E-state index contributed by atoms with van der Waals surface area (Å²) in [6.07, 6.45) is 2.46. The molecule has 0 saturated carbocycles. The molecule has 0 spiro atoms. The Hall–Kier alpha value is -4.58. The van der Waals surface area contributed by atoms with E-state index in [0.717, 1.165) is 0 Å². The normalized spacial score (nSPS) is 13.3. The number of carbonyl (C=O) groups is 1. The number of phenolic OH excluding ortho intramolecular Hbond substituents is 1. The van der Waals surface area contributed by atoms with Crippen molar-refractivity contribution < 1.29 is 23.4 Å². The molecule has 3 aromatic heterocycles. The Kier molecular flexibility index (Phi) is 7.25. The van der Waals surface area contributed by atoms with Gasteiger partial charge in [-0.25, -0.2) is 8.78 Å². The number of carbonyl (C=O) groups excluding carboxylic acids is 1. The van der Waals surface area contributed by atoms with Gasteiger partial charge in [-0.15, -0.1) is 0 Å². The van der Waals surface area contributed by atoms with Crippen LogP contribution in [0.2, 0.25) is 5.02 Å². The summed E-state index contributed by atoms with van der Waals surface area (Å²) in [7, 11) is 4.64. The molecule has 2 aromatic carbocycles. The molecule has 1 aliphatic rings. The average Bonchev–Trinajstić information content (AvgIpc) is 3.15. The minimum Gasteiger partial charge on any atom is -0.508 e. The first kappa shape index (κ1) is 28.5. The number of phenols is 1. The van der Waals surface area contributed by atoms with Crippen molar-refractivity contribution in [2.45, 2.75) is 32.9 Å². The lowest BCUT2D eigenvalue weighted by molar-refractivity contribution is 0.0821. The smallest absolute Gasteiger partial charge is 0.318 e. The molecule has 4 heterocycles. The molecule has 10 nitrogen and oxygen atoms in total. The fourth-order valence-electron chi connectivity index (χ4n) is 5.59. The van der Waals surface area contributed by atoms with Gasteiger partial charge in [0, 0.05) is 38.9 Å². The van der Waals surface area contributed by atoms with Crippen molar-refractivity contribution in [3.8, 4) is 23.0 Å². The summed E-state index contributed by atoms with van der Waals surface area (Å²) >= 11 is 6.66. The maximum Gasteiger partial charge on any atom is 0.318 e. The highest BCUT2D eigenvalue weighted by Crippen LogP contribution is 2.39. The molecule has 0 fully saturated rings. The van der Waals surface area contributed by atoms with Crippen molar-refractivity contribution >= 4 is 45.0 Å². The SMILES string of the molecule is CCc1c(F)ccc2cc(O)cc(-c3ncc4c(N5CCCn6nc(C(=O)N(C)C)c(Cl)c6C5)nc(OC)nc4c3F)c12. The first-order valence-electron chi connectivity index (χ1n) is 13.7. The number of nitrogens with zero attached hydrogens (tertiary/aromatic N) is 7. The standard InChI is InChI=1S/C30H28ClF2N7O3/c1-5-17-20(32)8-7-15-11-16(41)12-18(22(15)17)25-24(33)26-19(13-34-25)28(36-30(35-26)43-4)39-9-6-10-40-21(14-39)23(31)27(37-40)29(42)38(2)3/h7-8,11-13,41H,5-6,9-10,14H2,1-4H3. The molecule has 222 valence electrons. The average molecular weight is 608 g/mol. The fraction of sp³-hybridized carbons (Fsp3) is 0.300. The summed E-state index contributed by atoms with van der Waals surface area (Å²) in [6, 6.07) is 5.70. The highest BCUT2D eigenvalue weighted by atomic mass is 35.5. The molecule has 1 aliphatic heterocycles. The molecule has 0 bridgehead atoms. The molecule has 5 aromatic rings. The van der Waals surface area contributed by atoms with Crippen LogP contribution in [0.4, 0.5) is 14.6 Å². The molecule has 43 heavy (non-hydrogen) atoms. The number of hydrogen-bond acceptors (Lipinski definition) is 8. The summed E-state index contributed by atoms with van der Waals surface area (Å²) in [5, 5.41) is 16.5. The minimum atomic E-state index is -0.769. The van der Waals surface area contributed by atoms with E-state index in [1.54, 1.807) is 24.8 Å². The number of benzene rings is 2. The Balaban J connectivity index is 1.52. The molecular formula is C30H28ClF2N7O3. The number of aryl methyl sites for hydroxylation is 2. The minimum absolute atomic E-state index is 0.0508. The van der Waals surface area contributed by atoms with Gasteiger partial charge in [0.05, 0.1) is 29.8 Å². The molecule has 0 atom stereocenters. The highest BCUT2D eigenvalue weighted by molar-refractivity contribution is 6.34. The van der Waals surface area contributed by atoms with Crippen LogP contribution in [0.15, 0.2) is 30.5 Å². The second-order valence-electron chi connectivity index (χ2n) is 10.5. The van der Waals surface area contributed by atoms with Gasteiger partial charge in [-0.2, -0.15) is 15.1 Å². The van der Waals surface area contributed by atoms with E-state index in [1.807, 2.05) is 11.8 Å². The van der Waals surface area contributed by atoms with E-state index in [2.05, 4.69) is 20.1 Å². The first-order valence-corrected chi connectivity index (χ1v) is 14.1. The van der Waals surface area contributed by atoms with Gasteiger partial charge in [-0.05, 0) is 47.4 Å². The van der Waals surface area contributed by atoms with E-state index in [4.69, 9.17) is 16.3 Å². The van der Waals surface area contributed by atoms with Crippen LogP contribution >= 0.6 is 11.6 Å². The van der Waals surface area contributed by atoms with Crippen molar-refractivity contribution in [1.29, 1.82) is 0 Å². The van der Waals surface area contributed by atoms with Crippen molar-refractivity contribution in [2.24, 2.45) is 0 Å². The Labute approximate surface area is 250 Å². The molecule has 6 rings (SSSR count). The number of aromatic hydroxyl groups is 1. The number of hydrogen-bond donors (Lipinski definition) is 1. The van der Waals surface area contributed by atoms with Gasteiger partial charge in [-0.1, -0.05) is 24.6 Å². The monoisotopic (exact) mass is 607 g/mol. The van der Waals surface area contributed by atoms with Gasteiger partial charge in [0.2, 0.25) is 0 Å². The molecule has 1 amide bonds. The van der Waals surface area contributed by atoms with Crippen molar-refractivity contribution in [1.82, 2.24) is 29.6 Å². The second kappa shape index (κ2) is 10.9. The number of ether oxygens (including phenoxy) is 1. The fourth-order valence-corrected chi connectivity index (χ4v) is 5.86. The molecule has 13 heteroatoms. The summed E-state index contributed by atoms with van der Waals surface area (Å²) in [6.45, 7) is 3.08. The number of anilines is 1. The largest absolute Gasteiger partial charge is 0.508 e. The molecule has 0 saturated heterocycles. The number of methoxy groups -OCH3 is 1. The number of aromatic nitrogens is 5. The van der Waals surface area contributed by atoms with E-state index in [1.165, 1.54) is 36.4 Å². The zero-order valence-electron chi connectivity index (χ0n) is 24.0. The molecule has 0 unspecified atom stereocenters. The van der Waals surface area contributed by atoms with Crippen LogP contribution in [-0.2, 0) is 19.5 Å². The maximum absolute atomic E-state index is 16.5. The quantitative estimate of drug-likeness (QED) is 0.284. The van der Waals surface area contributed by atoms with E-state index in [9.17, 15) is 14.3 Å². The van der Waals surface area contributed by atoms with Crippen LogP contribution in [0.25, 0.3) is 32.9 Å². The van der Waals surface area contributed by atoms with Gasteiger partial charge in [0.25, 0.3) is 5.91 Å². The first-order chi connectivity index (χ1) is 20.6. The Morgan fingerprint density at radius 3 is 2.70 bits per heavy atom. The summed E-state index contributed by atoms with van der Waals surface area (Å²) in [4.78, 5) is 29.3. The van der Waals surface area contributed by atoms with Crippen LogP contribution in [0.5, 0.6) is 11.8 Å². The van der Waals surface area contributed by atoms with Gasteiger partial charge < -0.3 is 19.6 Å². The zero-order chi connectivity index (χ0) is 30.6. The van der Waals surface area contributed by atoms with Crippen LogP contribution in [0.1, 0.15) is 35.1 Å². The summed E-state index contributed by atoms with van der Waals surface area (Å²) < 4.78 is 38.4. The zero-order valence-corrected chi connectivity index (χ0v) is 24.7. The predicted molar refractivity (Wildman–Crippen MR) is 159 cm³/mol. The van der Waals surface area contributed by atoms with Gasteiger partial charge in [0.1, 0.15) is 28.6 Å². The maximum atomic E-state index is 16.5. The lowest BCUT2D eigenvalue weighted by atomic mass is 9.94. The highest BCUT2D eigenvalue weighted by Gasteiger charge is 2.29. The lowest BCUT2D eigenvalue weighted by Gasteiger charge is -2.23. The molecular weight excluding hydrogens is 580 g/mol. The number of pyridine rings is 1. The third kappa shape index (κ3) is 4.75. The van der Waals surface area contributed by atoms with E-state index >= 15 is 4.39 Å². The Morgan fingerprint density at radius 2 is 1.98 bits per heavy atom. The second-order valence-corrected chi connectivity index (χ2v) is 10.9. The van der Waals surface area contributed by atoms with E-state index in [-0.39, 0.29) is 51.7 Å². The Bertz CT molecular complexity index is 1930. The Morgan fingerprint density at radius 1 is 1.19 bits per heavy atom. The third-order valence-corrected chi connectivity index (χ3v) is 8.03. The van der Waals surface area contributed by atoms with Crippen LogP contribution in [-0.4, -0.2) is 68.4 Å². The van der Waals surface area contributed by atoms with Gasteiger partial charge >= 0.3 is 6.01 Å². The van der Waals surface area contributed by atoms with E-state index in [0.29, 0.717) is 59.2 Å². The van der Waals surface area contributed by atoms with Crippen LogP contribution in [0, 0.1) is 11.6 Å². The van der Waals surface area contributed by atoms with Gasteiger partial charge in [-0.3, -0.25) is 14.5 Å². The predicted octanol–water partition coefficient (Wildman–Crippen LogP) is 5.36. The number of fused-ring (bicyclic) bond motifs is 3. The van der Waals surface area contributed by atoms with Crippen molar-refractivity contribution in [3.63, 3.8) is 0 Å².